The Morgan fingerprint density at radius 1 is 1.35 bits per heavy atom. The molecule has 0 saturated heterocycles. The molecule has 4 heteroatoms. The van der Waals surface area contributed by atoms with Crippen molar-refractivity contribution < 1.29 is 9.13 Å². The standard InChI is InChI=1S/C13H19ClFNO/c1-9(2)10(3)16-6-7-17-13-5-4-11(15)8-12(13)14/h4-5,8-10,16H,6-7H2,1-3H3. The molecule has 17 heavy (non-hydrogen) atoms. The zero-order valence-corrected chi connectivity index (χ0v) is 11.2. The minimum absolute atomic E-state index is 0.307. The molecule has 1 N–H and O–H groups in total. The number of nitrogens with one attached hydrogen (secondary N) is 1. The van der Waals surface area contributed by atoms with Crippen LogP contribution in [0.2, 0.25) is 5.02 Å². The van der Waals surface area contributed by atoms with Crippen LogP contribution >= 0.6 is 11.6 Å². The molecule has 0 bridgehead atoms. The van der Waals surface area contributed by atoms with Crippen molar-refractivity contribution in [1.29, 1.82) is 0 Å². The maximum Gasteiger partial charge on any atom is 0.138 e. The first-order valence-corrected chi connectivity index (χ1v) is 6.19. The van der Waals surface area contributed by atoms with Gasteiger partial charge in [-0.1, -0.05) is 25.4 Å². The highest BCUT2D eigenvalue weighted by Gasteiger charge is 2.06. The lowest BCUT2D eigenvalue weighted by Gasteiger charge is -2.17. The van der Waals surface area contributed by atoms with Gasteiger partial charge in [-0.2, -0.15) is 0 Å². The van der Waals surface area contributed by atoms with E-state index in [1.807, 2.05) is 0 Å². The van der Waals surface area contributed by atoms with Gasteiger partial charge in [0, 0.05) is 12.6 Å². The van der Waals surface area contributed by atoms with Crippen LogP contribution in [0.25, 0.3) is 0 Å². The lowest BCUT2D eigenvalue weighted by Crippen LogP contribution is -2.33. The zero-order valence-electron chi connectivity index (χ0n) is 10.5. The van der Waals surface area contributed by atoms with Crippen LogP contribution in [0.3, 0.4) is 0 Å². The number of halogens is 2. The second-order valence-corrected chi connectivity index (χ2v) is 4.82. The van der Waals surface area contributed by atoms with Crippen LogP contribution < -0.4 is 10.1 Å². The molecule has 2 nitrogen and oxygen atoms in total. The van der Waals surface area contributed by atoms with E-state index < -0.39 is 0 Å². The average molecular weight is 260 g/mol. The monoisotopic (exact) mass is 259 g/mol. The van der Waals surface area contributed by atoms with Gasteiger partial charge < -0.3 is 10.1 Å². The van der Waals surface area contributed by atoms with Crippen molar-refractivity contribution in [3.8, 4) is 5.75 Å². The van der Waals surface area contributed by atoms with Crippen molar-refractivity contribution in [3.05, 3.63) is 29.0 Å². The van der Waals surface area contributed by atoms with Crippen molar-refractivity contribution in [1.82, 2.24) is 5.32 Å². The smallest absolute Gasteiger partial charge is 0.138 e. The summed E-state index contributed by atoms with van der Waals surface area (Å²) in [6.07, 6.45) is 0. The molecular formula is C13H19ClFNO. The van der Waals surface area contributed by atoms with Gasteiger partial charge in [-0.25, -0.2) is 4.39 Å². The van der Waals surface area contributed by atoms with Crippen LogP contribution in [0, 0.1) is 11.7 Å². The molecule has 0 aliphatic rings. The van der Waals surface area contributed by atoms with Crippen molar-refractivity contribution in [3.63, 3.8) is 0 Å². The summed E-state index contributed by atoms with van der Waals surface area (Å²) in [6, 6.07) is 4.58. The summed E-state index contributed by atoms with van der Waals surface area (Å²) in [5, 5.41) is 3.65. The van der Waals surface area contributed by atoms with Gasteiger partial charge in [0.1, 0.15) is 18.2 Å². The summed E-state index contributed by atoms with van der Waals surface area (Å²) in [4.78, 5) is 0. The molecule has 1 rings (SSSR count). The molecule has 0 spiro atoms. The molecular weight excluding hydrogens is 241 g/mol. The molecule has 1 atom stereocenters. The minimum Gasteiger partial charge on any atom is -0.491 e. The first kappa shape index (κ1) is 14.3. The van der Waals surface area contributed by atoms with E-state index in [0.29, 0.717) is 29.3 Å². The maximum atomic E-state index is 12.8. The summed E-state index contributed by atoms with van der Waals surface area (Å²) < 4.78 is 18.2. The minimum atomic E-state index is -0.353. The van der Waals surface area contributed by atoms with Gasteiger partial charge in [-0.05, 0) is 31.0 Å². The Labute approximate surface area is 107 Å². The predicted molar refractivity (Wildman–Crippen MR) is 69.2 cm³/mol. The van der Waals surface area contributed by atoms with Crippen LogP contribution in [0.15, 0.2) is 18.2 Å². The van der Waals surface area contributed by atoms with Crippen LogP contribution in [0.5, 0.6) is 5.75 Å². The van der Waals surface area contributed by atoms with E-state index in [9.17, 15) is 4.39 Å². The Morgan fingerprint density at radius 2 is 2.06 bits per heavy atom. The first-order chi connectivity index (χ1) is 8.00. The van der Waals surface area contributed by atoms with Crippen LogP contribution in [0.1, 0.15) is 20.8 Å². The third-order valence-corrected chi connectivity index (χ3v) is 3.02. The lowest BCUT2D eigenvalue weighted by atomic mass is 10.1. The highest BCUT2D eigenvalue weighted by atomic mass is 35.5. The normalized spacial score (nSPS) is 12.8. The molecule has 96 valence electrons. The Hall–Kier alpha value is -0.800. The largest absolute Gasteiger partial charge is 0.491 e. The van der Waals surface area contributed by atoms with Gasteiger partial charge in [0.25, 0.3) is 0 Å². The molecule has 1 aromatic carbocycles. The van der Waals surface area contributed by atoms with Crippen molar-refractivity contribution in [2.75, 3.05) is 13.2 Å². The SMILES string of the molecule is CC(C)C(C)NCCOc1ccc(F)cc1Cl. The lowest BCUT2D eigenvalue weighted by molar-refractivity contribution is 0.296. The average Bonchev–Trinajstić information content (AvgIpc) is 2.26. The molecule has 0 radical (unpaired) electrons. The summed E-state index contributed by atoms with van der Waals surface area (Å²) in [5.74, 6) is 0.755. The van der Waals surface area contributed by atoms with E-state index in [1.165, 1.54) is 12.1 Å². The second kappa shape index (κ2) is 6.82. The van der Waals surface area contributed by atoms with Crippen LogP contribution in [-0.2, 0) is 0 Å². The zero-order chi connectivity index (χ0) is 12.8. The molecule has 0 saturated carbocycles. The predicted octanol–water partition coefficient (Wildman–Crippen LogP) is 3.49. The fraction of sp³-hybridized carbons (Fsp3) is 0.538. The quantitative estimate of drug-likeness (QED) is 0.790. The van der Waals surface area contributed by atoms with Gasteiger partial charge in [-0.15, -0.1) is 0 Å². The van der Waals surface area contributed by atoms with E-state index in [4.69, 9.17) is 16.3 Å². The first-order valence-electron chi connectivity index (χ1n) is 5.82. The highest BCUT2D eigenvalue weighted by Crippen LogP contribution is 2.24. The topological polar surface area (TPSA) is 21.3 Å². The Kier molecular flexibility index (Phi) is 5.72. The van der Waals surface area contributed by atoms with Crippen molar-refractivity contribution >= 4 is 11.6 Å². The third kappa shape index (κ3) is 4.92. The molecule has 1 aromatic rings. The molecule has 0 fully saturated rings. The molecule has 0 amide bonds. The van der Waals surface area contributed by atoms with Gasteiger partial charge >= 0.3 is 0 Å². The number of hydrogen-bond donors (Lipinski definition) is 1. The number of benzene rings is 1. The van der Waals surface area contributed by atoms with Crippen molar-refractivity contribution in [2.45, 2.75) is 26.8 Å². The molecule has 0 aliphatic heterocycles. The fourth-order valence-corrected chi connectivity index (χ4v) is 1.50. The summed E-state index contributed by atoms with van der Waals surface area (Å²) in [6.45, 7) is 7.72. The maximum absolute atomic E-state index is 12.8. The molecule has 0 heterocycles. The van der Waals surface area contributed by atoms with Crippen molar-refractivity contribution in [2.24, 2.45) is 5.92 Å². The van der Waals surface area contributed by atoms with Gasteiger partial charge in [-0.3, -0.25) is 0 Å². The van der Waals surface area contributed by atoms with Gasteiger partial charge in [0.15, 0.2) is 0 Å². The van der Waals surface area contributed by atoms with E-state index >= 15 is 0 Å². The Morgan fingerprint density at radius 3 is 2.65 bits per heavy atom. The van der Waals surface area contributed by atoms with E-state index in [0.717, 1.165) is 6.54 Å². The molecule has 0 aromatic heterocycles. The second-order valence-electron chi connectivity index (χ2n) is 4.41. The summed E-state index contributed by atoms with van der Waals surface area (Å²) in [7, 11) is 0. The highest BCUT2D eigenvalue weighted by molar-refractivity contribution is 6.32. The Bertz CT molecular complexity index is 357. The summed E-state index contributed by atoms with van der Waals surface area (Å²) in [5.41, 5.74) is 0. The van der Waals surface area contributed by atoms with Crippen LogP contribution in [0.4, 0.5) is 4.39 Å². The van der Waals surface area contributed by atoms with Gasteiger partial charge in [0.05, 0.1) is 5.02 Å². The molecule has 0 aliphatic carbocycles. The number of ether oxygens (including phenoxy) is 1. The number of hydrogen-bond acceptors (Lipinski definition) is 2. The van der Waals surface area contributed by atoms with Gasteiger partial charge in [0.2, 0.25) is 0 Å². The van der Waals surface area contributed by atoms with E-state index in [1.54, 1.807) is 6.07 Å². The number of rotatable bonds is 6. The fourth-order valence-electron chi connectivity index (χ4n) is 1.28. The van der Waals surface area contributed by atoms with E-state index in [2.05, 4.69) is 26.1 Å². The third-order valence-electron chi connectivity index (χ3n) is 2.72. The summed E-state index contributed by atoms with van der Waals surface area (Å²) >= 11 is 5.84. The molecule has 1 unspecified atom stereocenters. The Balaban J connectivity index is 2.31. The van der Waals surface area contributed by atoms with E-state index in [-0.39, 0.29) is 5.82 Å². The van der Waals surface area contributed by atoms with Crippen LogP contribution in [-0.4, -0.2) is 19.2 Å².